The van der Waals surface area contributed by atoms with E-state index in [2.05, 4.69) is 15.5 Å². The van der Waals surface area contributed by atoms with Gasteiger partial charge in [0.15, 0.2) is 0 Å². The second kappa shape index (κ2) is 3.91. The molecule has 1 amide bonds. The number of carboxylic acids is 1. The number of nitrogens with zero attached hydrogens (tertiary/aromatic N) is 1. The number of aromatic nitrogens is 2. The molecular formula is C8H11N3O3. The number of hydrogen-bond donors (Lipinski definition) is 3. The minimum absolute atomic E-state index is 0.0426. The number of carbonyl (C=O) groups excluding carboxylic acids is 1. The summed E-state index contributed by atoms with van der Waals surface area (Å²) in [6.45, 7) is 3.43. The molecule has 0 bridgehead atoms. The Balaban J connectivity index is 2.82. The summed E-state index contributed by atoms with van der Waals surface area (Å²) in [4.78, 5) is 21.9. The zero-order valence-corrected chi connectivity index (χ0v) is 7.87. The van der Waals surface area contributed by atoms with Crippen molar-refractivity contribution in [3.05, 3.63) is 11.8 Å². The molecule has 0 radical (unpaired) electrons. The summed E-state index contributed by atoms with van der Waals surface area (Å²) in [5.74, 6) is -1.47. The maximum absolute atomic E-state index is 11.2. The summed E-state index contributed by atoms with van der Waals surface area (Å²) >= 11 is 0. The molecule has 6 heteroatoms. The Kier molecular flexibility index (Phi) is 2.85. The first kappa shape index (κ1) is 10.2. The van der Waals surface area contributed by atoms with Crippen LogP contribution in [-0.4, -0.2) is 27.2 Å². The van der Waals surface area contributed by atoms with Gasteiger partial charge >= 0.3 is 5.97 Å². The molecule has 0 aromatic carbocycles. The highest BCUT2D eigenvalue weighted by atomic mass is 16.4. The smallest absolute Gasteiger partial charge is 0.341 e. The van der Waals surface area contributed by atoms with E-state index >= 15 is 0 Å². The molecule has 0 aliphatic carbocycles. The highest BCUT2D eigenvalue weighted by Crippen LogP contribution is 2.11. The van der Waals surface area contributed by atoms with Crippen LogP contribution in [0.1, 0.15) is 24.2 Å². The molecule has 76 valence electrons. The van der Waals surface area contributed by atoms with Gasteiger partial charge in [-0.15, -0.1) is 0 Å². The van der Waals surface area contributed by atoms with Gasteiger partial charge in [-0.25, -0.2) is 4.79 Å². The third kappa shape index (κ3) is 2.09. The molecule has 0 atom stereocenters. The van der Waals surface area contributed by atoms with Crippen molar-refractivity contribution in [1.82, 2.24) is 10.2 Å². The van der Waals surface area contributed by atoms with E-state index < -0.39 is 5.97 Å². The van der Waals surface area contributed by atoms with Gasteiger partial charge in [0.05, 0.1) is 6.20 Å². The molecule has 3 N–H and O–H groups in total. The molecule has 0 spiro atoms. The van der Waals surface area contributed by atoms with Crippen LogP contribution in [0.2, 0.25) is 0 Å². The predicted molar refractivity (Wildman–Crippen MR) is 49.0 cm³/mol. The number of carbonyl (C=O) groups is 2. The van der Waals surface area contributed by atoms with Crippen molar-refractivity contribution < 1.29 is 14.7 Å². The molecule has 0 saturated carbocycles. The summed E-state index contributed by atoms with van der Waals surface area (Å²) in [5, 5.41) is 17.1. The molecule has 6 nitrogen and oxygen atoms in total. The van der Waals surface area contributed by atoms with Crippen LogP contribution in [0.5, 0.6) is 0 Å². The Morgan fingerprint density at radius 1 is 1.57 bits per heavy atom. The molecule has 1 heterocycles. The average Bonchev–Trinajstić information content (AvgIpc) is 2.52. The SMILES string of the molecule is CC(C)C(=O)Nc1[nH]ncc1C(=O)O. The minimum Gasteiger partial charge on any atom is -0.477 e. The van der Waals surface area contributed by atoms with Crippen LogP contribution < -0.4 is 5.32 Å². The normalized spacial score (nSPS) is 10.2. The average molecular weight is 197 g/mol. The highest BCUT2D eigenvalue weighted by Gasteiger charge is 2.15. The quantitative estimate of drug-likeness (QED) is 0.664. The van der Waals surface area contributed by atoms with Gasteiger partial charge in [-0.1, -0.05) is 13.8 Å². The van der Waals surface area contributed by atoms with Crippen LogP contribution >= 0.6 is 0 Å². The van der Waals surface area contributed by atoms with Crippen molar-refractivity contribution in [3.8, 4) is 0 Å². The zero-order valence-electron chi connectivity index (χ0n) is 7.87. The molecule has 1 rings (SSSR count). The Labute approximate surface area is 80.3 Å². The fourth-order valence-corrected chi connectivity index (χ4v) is 0.811. The van der Waals surface area contributed by atoms with Gasteiger partial charge < -0.3 is 10.4 Å². The van der Waals surface area contributed by atoms with Crippen molar-refractivity contribution in [1.29, 1.82) is 0 Å². The van der Waals surface area contributed by atoms with E-state index in [4.69, 9.17) is 5.11 Å². The number of H-pyrrole nitrogens is 1. The zero-order chi connectivity index (χ0) is 10.7. The monoisotopic (exact) mass is 197 g/mol. The van der Waals surface area contributed by atoms with Crippen LogP contribution in [0.3, 0.4) is 0 Å². The fourth-order valence-electron chi connectivity index (χ4n) is 0.811. The first-order valence-electron chi connectivity index (χ1n) is 4.10. The number of carboxylic acid groups (broad SMARTS) is 1. The van der Waals surface area contributed by atoms with E-state index in [9.17, 15) is 9.59 Å². The highest BCUT2D eigenvalue weighted by molar-refractivity contribution is 5.99. The first-order chi connectivity index (χ1) is 6.52. The lowest BCUT2D eigenvalue weighted by molar-refractivity contribution is -0.118. The Morgan fingerprint density at radius 2 is 2.21 bits per heavy atom. The summed E-state index contributed by atoms with van der Waals surface area (Å²) < 4.78 is 0. The number of anilines is 1. The maximum Gasteiger partial charge on any atom is 0.341 e. The summed E-state index contributed by atoms with van der Waals surface area (Å²) in [6, 6.07) is 0. The van der Waals surface area contributed by atoms with Crippen molar-refractivity contribution in [2.24, 2.45) is 5.92 Å². The van der Waals surface area contributed by atoms with Gasteiger partial charge in [0.2, 0.25) is 5.91 Å². The molecule has 0 fully saturated rings. The van der Waals surface area contributed by atoms with Crippen molar-refractivity contribution in [2.75, 3.05) is 5.32 Å². The Morgan fingerprint density at radius 3 is 2.71 bits per heavy atom. The van der Waals surface area contributed by atoms with Gasteiger partial charge in [0.1, 0.15) is 11.4 Å². The third-order valence-corrected chi connectivity index (χ3v) is 1.64. The number of aromatic amines is 1. The van der Waals surface area contributed by atoms with E-state index in [-0.39, 0.29) is 23.2 Å². The molecule has 1 aromatic heterocycles. The Bertz CT molecular complexity index is 356. The maximum atomic E-state index is 11.2. The summed E-state index contributed by atoms with van der Waals surface area (Å²) in [5.41, 5.74) is -0.0426. The number of amides is 1. The summed E-state index contributed by atoms with van der Waals surface area (Å²) in [6.07, 6.45) is 1.15. The molecule has 0 unspecified atom stereocenters. The molecule has 0 aliphatic heterocycles. The van der Waals surface area contributed by atoms with Crippen molar-refractivity contribution in [2.45, 2.75) is 13.8 Å². The van der Waals surface area contributed by atoms with Gasteiger partial charge in [0, 0.05) is 5.92 Å². The van der Waals surface area contributed by atoms with Crippen molar-refractivity contribution >= 4 is 17.7 Å². The van der Waals surface area contributed by atoms with Crippen LogP contribution in [-0.2, 0) is 4.79 Å². The second-order valence-electron chi connectivity index (χ2n) is 3.11. The van der Waals surface area contributed by atoms with Gasteiger partial charge in [0.25, 0.3) is 0 Å². The van der Waals surface area contributed by atoms with Gasteiger partial charge in [-0.2, -0.15) is 5.10 Å². The number of hydrogen-bond acceptors (Lipinski definition) is 3. The number of nitrogens with one attached hydrogen (secondary N) is 2. The second-order valence-corrected chi connectivity index (χ2v) is 3.11. The fraction of sp³-hybridized carbons (Fsp3) is 0.375. The standard InChI is InChI=1S/C8H11N3O3/c1-4(2)7(12)10-6-5(8(13)14)3-9-11-6/h3-4H,1-2H3,(H,13,14)(H2,9,10,11,12). The summed E-state index contributed by atoms with van der Waals surface area (Å²) in [7, 11) is 0. The van der Waals surface area contributed by atoms with Gasteiger partial charge in [-0.3, -0.25) is 9.89 Å². The van der Waals surface area contributed by atoms with E-state index in [1.165, 1.54) is 0 Å². The van der Waals surface area contributed by atoms with E-state index in [0.29, 0.717) is 0 Å². The van der Waals surface area contributed by atoms with Crippen LogP contribution in [0.4, 0.5) is 5.82 Å². The largest absolute Gasteiger partial charge is 0.477 e. The molecule has 14 heavy (non-hydrogen) atoms. The number of aromatic carboxylic acids is 1. The van der Waals surface area contributed by atoms with E-state index in [0.717, 1.165) is 6.20 Å². The minimum atomic E-state index is -1.13. The van der Waals surface area contributed by atoms with Crippen molar-refractivity contribution in [3.63, 3.8) is 0 Å². The Hall–Kier alpha value is -1.85. The topological polar surface area (TPSA) is 95.1 Å². The lowest BCUT2D eigenvalue weighted by Gasteiger charge is -2.05. The van der Waals surface area contributed by atoms with Crippen LogP contribution in [0.25, 0.3) is 0 Å². The van der Waals surface area contributed by atoms with Gasteiger partial charge in [-0.05, 0) is 0 Å². The van der Waals surface area contributed by atoms with Crippen LogP contribution in [0, 0.1) is 5.92 Å². The van der Waals surface area contributed by atoms with E-state index in [1.54, 1.807) is 13.8 Å². The first-order valence-corrected chi connectivity index (χ1v) is 4.10. The lowest BCUT2D eigenvalue weighted by atomic mass is 10.2. The number of rotatable bonds is 3. The van der Waals surface area contributed by atoms with E-state index in [1.807, 2.05) is 0 Å². The molecule has 1 aromatic rings. The third-order valence-electron chi connectivity index (χ3n) is 1.64. The predicted octanol–water partition coefficient (Wildman–Crippen LogP) is 0.702. The molecular weight excluding hydrogens is 186 g/mol. The lowest BCUT2D eigenvalue weighted by Crippen LogP contribution is -2.19. The molecule has 0 saturated heterocycles. The van der Waals surface area contributed by atoms with Crippen LogP contribution in [0.15, 0.2) is 6.20 Å². The molecule has 0 aliphatic rings.